The topological polar surface area (TPSA) is 129 Å². The minimum atomic E-state index is -0.889. The standard InChI is InChI=1S/C34H38N4O5/c39-29-11-9-26(27-10-12-31(41)36-32(27)29)30(40)20-35-16-13-22-5-4-8-25(19-22)33(24-6-2-1-3-7-24)38(34(42)43)28-21-37-17-14-23(28)15-18-37/h1-12,19,23,28,30,33,35,39-40H,13-18,20-21H2,(H,36,41)(H,42,43)/t28-,30-,33?/m0/s1. The number of carbonyl (C=O) groups is 1. The second kappa shape index (κ2) is 12.6. The molecule has 3 atom stereocenters. The van der Waals surface area contributed by atoms with Gasteiger partial charge in [0, 0.05) is 24.5 Å². The van der Waals surface area contributed by atoms with Gasteiger partial charge in [0.15, 0.2) is 0 Å². The third-order valence-electron chi connectivity index (χ3n) is 9.05. The number of carboxylic acid groups (broad SMARTS) is 1. The first-order valence-corrected chi connectivity index (χ1v) is 15.0. The number of nitrogens with one attached hydrogen (secondary N) is 2. The van der Waals surface area contributed by atoms with Crippen molar-refractivity contribution in [1.82, 2.24) is 20.1 Å². The largest absolute Gasteiger partial charge is 0.506 e. The summed E-state index contributed by atoms with van der Waals surface area (Å²) in [6, 6.07) is 23.8. The zero-order valence-electron chi connectivity index (χ0n) is 24.0. The first kappa shape index (κ1) is 28.9. The molecule has 0 aliphatic carbocycles. The van der Waals surface area contributed by atoms with Gasteiger partial charge in [0.25, 0.3) is 0 Å². The number of phenols is 1. The lowest BCUT2D eigenvalue weighted by Crippen LogP contribution is -2.59. The molecule has 224 valence electrons. The summed E-state index contributed by atoms with van der Waals surface area (Å²) < 4.78 is 0. The third kappa shape index (κ3) is 6.15. The normalized spacial score (nSPS) is 21.0. The van der Waals surface area contributed by atoms with Gasteiger partial charge in [-0.25, -0.2) is 4.79 Å². The van der Waals surface area contributed by atoms with Crippen LogP contribution in [0.2, 0.25) is 0 Å². The highest BCUT2D eigenvalue weighted by Crippen LogP contribution is 2.38. The lowest BCUT2D eigenvalue weighted by Gasteiger charge is -2.50. The van der Waals surface area contributed by atoms with E-state index in [9.17, 15) is 24.9 Å². The molecule has 0 saturated carbocycles. The number of nitrogens with zero attached hydrogens (tertiary/aromatic N) is 2. The molecule has 4 aromatic rings. The number of aliphatic hydroxyl groups is 1. The number of piperidine rings is 3. The van der Waals surface area contributed by atoms with Gasteiger partial charge < -0.3 is 30.5 Å². The molecule has 4 heterocycles. The van der Waals surface area contributed by atoms with E-state index in [-0.39, 0.29) is 23.9 Å². The molecular formula is C34H38N4O5. The first-order chi connectivity index (χ1) is 20.9. The fourth-order valence-electron chi connectivity index (χ4n) is 6.89. The Morgan fingerprint density at radius 3 is 2.49 bits per heavy atom. The highest BCUT2D eigenvalue weighted by Gasteiger charge is 2.43. The van der Waals surface area contributed by atoms with E-state index in [4.69, 9.17) is 0 Å². The van der Waals surface area contributed by atoms with Crippen LogP contribution < -0.4 is 10.9 Å². The lowest BCUT2D eigenvalue weighted by molar-refractivity contribution is -0.000789. The van der Waals surface area contributed by atoms with E-state index in [1.165, 1.54) is 12.1 Å². The van der Waals surface area contributed by atoms with E-state index in [0.29, 0.717) is 35.3 Å². The molecule has 2 bridgehead atoms. The maximum atomic E-state index is 12.9. The van der Waals surface area contributed by atoms with E-state index in [0.717, 1.165) is 49.2 Å². The van der Waals surface area contributed by atoms with Crippen molar-refractivity contribution in [3.8, 4) is 5.75 Å². The Hall–Kier alpha value is -4.18. The second-order valence-corrected chi connectivity index (χ2v) is 11.7. The monoisotopic (exact) mass is 582 g/mol. The highest BCUT2D eigenvalue weighted by molar-refractivity contribution is 5.87. The number of fused-ring (bicyclic) bond motifs is 4. The van der Waals surface area contributed by atoms with Gasteiger partial charge in [-0.2, -0.15) is 0 Å². The number of aromatic hydroxyl groups is 1. The smallest absolute Gasteiger partial charge is 0.408 e. The summed E-state index contributed by atoms with van der Waals surface area (Å²) in [5, 5.41) is 35.5. The summed E-state index contributed by atoms with van der Waals surface area (Å²) in [5.41, 5.74) is 3.59. The van der Waals surface area contributed by atoms with Crippen LogP contribution in [0.5, 0.6) is 5.75 Å². The van der Waals surface area contributed by atoms with Crippen LogP contribution in [0.4, 0.5) is 4.79 Å². The molecule has 3 saturated heterocycles. The average Bonchev–Trinajstić information content (AvgIpc) is 3.03. The number of phenolic OH excluding ortho intramolecular Hbond substituents is 1. The fraction of sp³-hybridized carbons (Fsp3) is 0.353. The van der Waals surface area contributed by atoms with Crippen molar-refractivity contribution in [3.05, 3.63) is 111 Å². The van der Waals surface area contributed by atoms with Crippen molar-refractivity contribution in [2.24, 2.45) is 5.92 Å². The molecule has 9 nitrogen and oxygen atoms in total. The number of H-pyrrole nitrogens is 1. The minimum absolute atomic E-state index is 0.0414. The van der Waals surface area contributed by atoms with Crippen molar-refractivity contribution >= 4 is 17.0 Å². The number of hydrogen-bond donors (Lipinski definition) is 5. The Balaban J connectivity index is 1.17. The highest BCUT2D eigenvalue weighted by atomic mass is 16.4. The average molecular weight is 583 g/mol. The summed E-state index contributed by atoms with van der Waals surface area (Å²) in [6.07, 6.45) is 1.03. The summed E-state index contributed by atoms with van der Waals surface area (Å²) in [5.74, 6) is 0.331. The summed E-state index contributed by atoms with van der Waals surface area (Å²) in [7, 11) is 0. The SMILES string of the molecule is O=C(O)N(C(c1ccccc1)c1cccc(CCNC[C@H](O)c2ccc(O)c3[nH]c(=O)ccc23)c1)[C@H]1CN2CCC1CC2. The zero-order valence-corrected chi connectivity index (χ0v) is 24.0. The van der Waals surface area contributed by atoms with Gasteiger partial charge in [-0.05, 0) is 79.2 Å². The van der Waals surface area contributed by atoms with Crippen LogP contribution in [0.1, 0.15) is 47.2 Å². The molecule has 0 radical (unpaired) electrons. The Labute approximate surface area is 250 Å². The number of aromatic amines is 1. The molecule has 1 amide bonds. The molecule has 3 aliphatic heterocycles. The molecule has 3 aliphatic rings. The number of benzene rings is 3. The van der Waals surface area contributed by atoms with Crippen molar-refractivity contribution in [2.75, 3.05) is 32.7 Å². The molecule has 3 aromatic carbocycles. The maximum Gasteiger partial charge on any atom is 0.408 e. The number of rotatable bonds is 10. The quantitative estimate of drug-likeness (QED) is 0.177. The van der Waals surface area contributed by atoms with Crippen molar-refractivity contribution in [2.45, 2.75) is 37.5 Å². The van der Waals surface area contributed by atoms with Crippen LogP contribution in [0, 0.1) is 5.92 Å². The van der Waals surface area contributed by atoms with E-state index < -0.39 is 18.2 Å². The fourth-order valence-corrected chi connectivity index (χ4v) is 6.89. The van der Waals surface area contributed by atoms with Crippen molar-refractivity contribution in [1.29, 1.82) is 0 Å². The van der Waals surface area contributed by atoms with Gasteiger partial charge in [0.2, 0.25) is 5.56 Å². The number of aliphatic hydroxyl groups excluding tert-OH is 1. The van der Waals surface area contributed by atoms with E-state index >= 15 is 0 Å². The summed E-state index contributed by atoms with van der Waals surface area (Å²) in [4.78, 5) is 31.3. The van der Waals surface area contributed by atoms with Gasteiger partial charge in [-0.15, -0.1) is 0 Å². The van der Waals surface area contributed by atoms with E-state index in [2.05, 4.69) is 21.3 Å². The Morgan fingerprint density at radius 2 is 1.77 bits per heavy atom. The second-order valence-electron chi connectivity index (χ2n) is 11.7. The van der Waals surface area contributed by atoms with Crippen LogP contribution in [-0.2, 0) is 6.42 Å². The molecule has 43 heavy (non-hydrogen) atoms. The lowest BCUT2D eigenvalue weighted by atomic mass is 9.81. The number of hydrogen-bond acceptors (Lipinski definition) is 6. The molecule has 5 N–H and O–H groups in total. The predicted octanol–water partition coefficient (Wildman–Crippen LogP) is 4.26. The van der Waals surface area contributed by atoms with Crippen molar-refractivity contribution in [3.63, 3.8) is 0 Å². The van der Waals surface area contributed by atoms with Gasteiger partial charge in [0.05, 0.1) is 23.7 Å². The summed E-state index contributed by atoms with van der Waals surface area (Å²) in [6.45, 7) is 3.76. The van der Waals surface area contributed by atoms with Gasteiger partial charge in [-0.1, -0.05) is 60.7 Å². The van der Waals surface area contributed by atoms with Crippen LogP contribution in [0.15, 0.2) is 83.7 Å². The van der Waals surface area contributed by atoms with E-state index in [1.54, 1.807) is 17.0 Å². The zero-order chi connectivity index (χ0) is 29.9. The van der Waals surface area contributed by atoms with Crippen molar-refractivity contribution < 1.29 is 20.1 Å². The molecule has 7 rings (SSSR count). The predicted molar refractivity (Wildman–Crippen MR) is 165 cm³/mol. The molecule has 1 unspecified atom stereocenters. The Morgan fingerprint density at radius 1 is 1.00 bits per heavy atom. The van der Waals surface area contributed by atoms with Crippen LogP contribution in [0.3, 0.4) is 0 Å². The maximum absolute atomic E-state index is 12.9. The third-order valence-corrected chi connectivity index (χ3v) is 9.05. The number of amides is 1. The van der Waals surface area contributed by atoms with Crippen LogP contribution in [0.25, 0.3) is 10.9 Å². The first-order valence-electron chi connectivity index (χ1n) is 15.0. The number of pyridine rings is 1. The van der Waals surface area contributed by atoms with Gasteiger partial charge in [0.1, 0.15) is 5.75 Å². The minimum Gasteiger partial charge on any atom is -0.506 e. The molecule has 0 spiro atoms. The number of aromatic nitrogens is 1. The van der Waals surface area contributed by atoms with Crippen LogP contribution >= 0.6 is 0 Å². The Bertz CT molecular complexity index is 1630. The van der Waals surface area contributed by atoms with Crippen LogP contribution in [-0.4, -0.2) is 75.0 Å². The van der Waals surface area contributed by atoms with Gasteiger partial charge >= 0.3 is 6.09 Å². The molecule has 3 fully saturated rings. The molecule has 1 aromatic heterocycles. The summed E-state index contributed by atoms with van der Waals surface area (Å²) >= 11 is 0. The molecular weight excluding hydrogens is 544 g/mol. The van der Waals surface area contributed by atoms with E-state index in [1.807, 2.05) is 48.5 Å². The Kier molecular flexibility index (Phi) is 8.47. The molecule has 9 heteroatoms. The van der Waals surface area contributed by atoms with Gasteiger partial charge in [-0.3, -0.25) is 9.69 Å².